The Morgan fingerprint density at radius 3 is 2.94 bits per heavy atom. The molecule has 18 heavy (non-hydrogen) atoms. The van der Waals surface area contributed by atoms with Gasteiger partial charge in [-0.25, -0.2) is 9.37 Å². The molecule has 1 amide bonds. The minimum atomic E-state index is -0.585. The highest BCUT2D eigenvalue weighted by atomic mass is 19.1. The number of benzene rings is 1. The van der Waals surface area contributed by atoms with Crippen molar-refractivity contribution in [3.63, 3.8) is 0 Å². The van der Waals surface area contributed by atoms with Gasteiger partial charge in [0.15, 0.2) is 0 Å². The molecule has 0 aliphatic carbocycles. The van der Waals surface area contributed by atoms with Crippen LogP contribution in [0.25, 0.3) is 0 Å². The zero-order valence-corrected chi connectivity index (χ0v) is 9.72. The number of rotatable bonds is 3. The van der Waals surface area contributed by atoms with E-state index in [4.69, 9.17) is 0 Å². The van der Waals surface area contributed by atoms with Crippen LogP contribution in [-0.2, 0) is 6.54 Å². The first-order chi connectivity index (χ1) is 8.58. The molecule has 2 rings (SSSR count). The lowest BCUT2D eigenvalue weighted by Gasteiger charge is -2.16. The van der Waals surface area contributed by atoms with Gasteiger partial charge in [-0.1, -0.05) is 0 Å². The van der Waals surface area contributed by atoms with Crippen LogP contribution in [0, 0.1) is 5.82 Å². The summed E-state index contributed by atoms with van der Waals surface area (Å²) in [7, 11) is 1.58. The van der Waals surface area contributed by atoms with Gasteiger partial charge in [-0.05, 0) is 12.1 Å². The highest BCUT2D eigenvalue weighted by Crippen LogP contribution is 2.19. The van der Waals surface area contributed by atoms with Crippen LogP contribution in [0.1, 0.15) is 16.2 Å². The van der Waals surface area contributed by atoms with E-state index in [0.717, 1.165) is 12.1 Å². The molecule has 0 atom stereocenters. The summed E-state index contributed by atoms with van der Waals surface area (Å²) >= 11 is 0. The molecular weight excluding hydrogens is 237 g/mol. The minimum absolute atomic E-state index is 0.0606. The van der Waals surface area contributed by atoms with Crippen molar-refractivity contribution in [1.29, 1.82) is 0 Å². The van der Waals surface area contributed by atoms with Crippen molar-refractivity contribution in [2.75, 3.05) is 7.05 Å². The summed E-state index contributed by atoms with van der Waals surface area (Å²) in [5.41, 5.74) is 0.0606. The van der Waals surface area contributed by atoms with E-state index in [9.17, 15) is 14.3 Å². The van der Waals surface area contributed by atoms with E-state index in [2.05, 4.69) is 9.97 Å². The topological polar surface area (TPSA) is 69.2 Å². The third-order valence-electron chi connectivity index (χ3n) is 2.48. The quantitative estimate of drug-likeness (QED) is 0.866. The number of hydrogen-bond acceptors (Lipinski definition) is 3. The van der Waals surface area contributed by atoms with E-state index < -0.39 is 11.7 Å². The Labute approximate surface area is 103 Å². The van der Waals surface area contributed by atoms with Crippen molar-refractivity contribution in [1.82, 2.24) is 14.9 Å². The number of H-pyrrole nitrogens is 1. The fourth-order valence-corrected chi connectivity index (χ4v) is 1.57. The number of halogens is 1. The highest BCUT2D eigenvalue weighted by molar-refractivity contribution is 5.96. The number of nitrogens with one attached hydrogen (secondary N) is 1. The largest absolute Gasteiger partial charge is 0.507 e. The average molecular weight is 249 g/mol. The summed E-state index contributed by atoms with van der Waals surface area (Å²) in [6.07, 6.45) is 3.24. The maximum Gasteiger partial charge on any atom is 0.257 e. The van der Waals surface area contributed by atoms with E-state index in [1.54, 1.807) is 19.4 Å². The molecule has 0 aliphatic heterocycles. The molecule has 0 saturated carbocycles. The summed E-state index contributed by atoms with van der Waals surface area (Å²) < 4.78 is 12.8. The summed E-state index contributed by atoms with van der Waals surface area (Å²) in [6, 6.07) is 3.30. The van der Waals surface area contributed by atoms with Crippen LogP contribution in [0.15, 0.2) is 30.6 Å². The molecule has 2 N–H and O–H groups in total. The third kappa shape index (κ3) is 2.48. The van der Waals surface area contributed by atoms with Crippen molar-refractivity contribution in [2.45, 2.75) is 6.54 Å². The number of nitrogens with zero attached hydrogens (tertiary/aromatic N) is 2. The van der Waals surface area contributed by atoms with Crippen molar-refractivity contribution >= 4 is 5.91 Å². The Morgan fingerprint density at radius 1 is 1.56 bits per heavy atom. The van der Waals surface area contributed by atoms with Crippen molar-refractivity contribution < 1.29 is 14.3 Å². The van der Waals surface area contributed by atoms with Gasteiger partial charge < -0.3 is 15.0 Å². The lowest BCUT2D eigenvalue weighted by atomic mass is 10.1. The van der Waals surface area contributed by atoms with Crippen LogP contribution < -0.4 is 0 Å². The Morgan fingerprint density at radius 2 is 2.33 bits per heavy atom. The van der Waals surface area contributed by atoms with Gasteiger partial charge in [-0.15, -0.1) is 0 Å². The molecular formula is C12H12FN3O2. The SMILES string of the molecule is CN(Cc1ncc[nH]1)C(=O)c1ccc(F)cc1O. The van der Waals surface area contributed by atoms with E-state index in [-0.39, 0.29) is 17.9 Å². The molecule has 0 radical (unpaired) electrons. The van der Waals surface area contributed by atoms with Crippen LogP contribution >= 0.6 is 0 Å². The summed E-state index contributed by atoms with van der Waals surface area (Å²) in [4.78, 5) is 20.3. The number of imidazole rings is 1. The van der Waals surface area contributed by atoms with Gasteiger partial charge in [-0.2, -0.15) is 0 Å². The summed E-state index contributed by atoms with van der Waals surface area (Å²) in [5.74, 6) is -0.722. The average Bonchev–Trinajstić information content (AvgIpc) is 2.81. The standard InChI is InChI=1S/C12H12FN3O2/c1-16(7-11-14-4-5-15-11)12(18)9-3-2-8(13)6-10(9)17/h2-6,17H,7H2,1H3,(H,14,15). The number of phenols is 1. The van der Waals surface area contributed by atoms with Crippen molar-refractivity contribution in [3.05, 3.63) is 47.8 Å². The van der Waals surface area contributed by atoms with Gasteiger partial charge in [0.25, 0.3) is 5.91 Å². The number of amides is 1. The van der Waals surface area contributed by atoms with E-state index in [0.29, 0.717) is 5.82 Å². The second-order valence-electron chi connectivity index (χ2n) is 3.86. The Bertz CT molecular complexity index is 554. The predicted octanol–water partition coefficient (Wildman–Crippen LogP) is 1.53. The molecule has 1 aromatic heterocycles. The fraction of sp³-hybridized carbons (Fsp3) is 0.167. The molecule has 0 saturated heterocycles. The van der Waals surface area contributed by atoms with Crippen LogP contribution in [0.3, 0.4) is 0 Å². The molecule has 0 spiro atoms. The Kier molecular flexibility index (Phi) is 3.27. The van der Waals surface area contributed by atoms with Gasteiger partial charge in [0.1, 0.15) is 17.4 Å². The summed E-state index contributed by atoms with van der Waals surface area (Å²) in [6.45, 7) is 0.280. The van der Waals surface area contributed by atoms with Crippen LogP contribution in [0.4, 0.5) is 4.39 Å². The number of aromatic nitrogens is 2. The van der Waals surface area contributed by atoms with Gasteiger partial charge in [0.05, 0.1) is 12.1 Å². The number of phenolic OH excluding ortho intramolecular Hbond substituents is 1. The minimum Gasteiger partial charge on any atom is -0.507 e. The third-order valence-corrected chi connectivity index (χ3v) is 2.48. The molecule has 0 unspecified atom stereocenters. The van der Waals surface area contributed by atoms with E-state index >= 15 is 0 Å². The number of carbonyl (C=O) groups excluding carboxylic acids is 1. The Balaban J connectivity index is 2.15. The monoisotopic (exact) mass is 249 g/mol. The number of carbonyl (C=O) groups is 1. The molecule has 5 nitrogen and oxygen atoms in total. The maximum absolute atomic E-state index is 12.8. The summed E-state index contributed by atoms with van der Waals surface area (Å²) in [5, 5.41) is 9.53. The normalized spacial score (nSPS) is 10.3. The highest BCUT2D eigenvalue weighted by Gasteiger charge is 2.17. The first kappa shape index (κ1) is 12.1. The molecule has 94 valence electrons. The molecule has 6 heteroatoms. The zero-order valence-electron chi connectivity index (χ0n) is 9.72. The molecule has 0 bridgehead atoms. The zero-order chi connectivity index (χ0) is 13.1. The molecule has 1 heterocycles. The first-order valence-electron chi connectivity index (χ1n) is 5.30. The van der Waals surface area contributed by atoms with Gasteiger partial charge in [0.2, 0.25) is 0 Å². The number of aromatic hydroxyl groups is 1. The van der Waals surface area contributed by atoms with E-state index in [1.165, 1.54) is 11.0 Å². The van der Waals surface area contributed by atoms with Gasteiger partial charge in [0, 0.05) is 25.5 Å². The smallest absolute Gasteiger partial charge is 0.257 e. The lowest BCUT2D eigenvalue weighted by Crippen LogP contribution is -2.26. The van der Waals surface area contributed by atoms with Crippen LogP contribution in [-0.4, -0.2) is 32.9 Å². The van der Waals surface area contributed by atoms with Gasteiger partial charge in [-0.3, -0.25) is 4.79 Å². The fourth-order valence-electron chi connectivity index (χ4n) is 1.57. The number of hydrogen-bond donors (Lipinski definition) is 2. The number of aromatic amines is 1. The second kappa shape index (κ2) is 4.87. The van der Waals surface area contributed by atoms with Crippen LogP contribution in [0.5, 0.6) is 5.75 Å². The van der Waals surface area contributed by atoms with E-state index in [1.807, 2.05) is 0 Å². The second-order valence-corrected chi connectivity index (χ2v) is 3.86. The predicted molar refractivity (Wildman–Crippen MR) is 62.5 cm³/mol. The van der Waals surface area contributed by atoms with Gasteiger partial charge >= 0.3 is 0 Å². The molecule has 2 aromatic rings. The van der Waals surface area contributed by atoms with Crippen molar-refractivity contribution in [3.8, 4) is 5.75 Å². The maximum atomic E-state index is 12.8. The molecule has 0 fully saturated rings. The lowest BCUT2D eigenvalue weighted by molar-refractivity contribution is 0.0779. The first-order valence-corrected chi connectivity index (χ1v) is 5.30. The molecule has 1 aromatic carbocycles. The molecule has 0 aliphatic rings. The van der Waals surface area contributed by atoms with Crippen LogP contribution in [0.2, 0.25) is 0 Å². The van der Waals surface area contributed by atoms with Crippen molar-refractivity contribution in [2.24, 2.45) is 0 Å². The Hall–Kier alpha value is -2.37.